The Morgan fingerprint density at radius 3 is 1.97 bits per heavy atom. The summed E-state index contributed by atoms with van der Waals surface area (Å²) in [6.45, 7) is 6.77. The summed E-state index contributed by atoms with van der Waals surface area (Å²) >= 11 is 0. The van der Waals surface area contributed by atoms with Gasteiger partial charge in [-0.25, -0.2) is 4.68 Å². The van der Waals surface area contributed by atoms with E-state index in [2.05, 4.69) is 48.3 Å². The van der Waals surface area contributed by atoms with Gasteiger partial charge in [0.05, 0.1) is 18.2 Å². The Balaban J connectivity index is 1.41. The van der Waals surface area contributed by atoms with E-state index in [-0.39, 0.29) is 5.91 Å². The molecule has 5 rings (SSSR count). The van der Waals surface area contributed by atoms with Crippen LogP contribution in [0.15, 0.2) is 109 Å². The van der Waals surface area contributed by atoms with E-state index in [1.165, 1.54) is 5.56 Å². The molecule has 0 saturated heterocycles. The molecule has 1 heterocycles. The first-order valence-electron chi connectivity index (χ1n) is 13.2. The SMILES string of the molecule is Cc1ccc(-c2nc(OCC(C)C)nn2-c2ccc(NC(=O)C(c3ccccc3)c3ccccc3)cc2)cc1. The van der Waals surface area contributed by atoms with Gasteiger partial charge in [-0.2, -0.15) is 4.98 Å². The zero-order valence-electron chi connectivity index (χ0n) is 22.4. The number of aryl methyl sites for hydroxylation is 1. The largest absolute Gasteiger partial charge is 0.462 e. The number of hydrogen-bond acceptors (Lipinski definition) is 4. The quantitative estimate of drug-likeness (QED) is 0.228. The normalized spacial score (nSPS) is 11.1. The molecule has 0 aliphatic carbocycles. The number of amides is 1. The van der Waals surface area contributed by atoms with Crippen LogP contribution in [-0.4, -0.2) is 27.3 Å². The smallest absolute Gasteiger partial charge is 0.336 e. The molecular formula is C33H32N4O2. The molecule has 0 fully saturated rings. The summed E-state index contributed by atoms with van der Waals surface area (Å²) < 4.78 is 7.62. The van der Waals surface area contributed by atoms with E-state index in [1.807, 2.05) is 97.1 Å². The molecule has 1 N–H and O–H groups in total. The zero-order valence-corrected chi connectivity index (χ0v) is 22.4. The Hall–Kier alpha value is -4.71. The van der Waals surface area contributed by atoms with Crippen molar-refractivity contribution in [2.75, 3.05) is 11.9 Å². The highest BCUT2D eigenvalue weighted by atomic mass is 16.5. The second-order valence-corrected chi connectivity index (χ2v) is 9.99. The zero-order chi connectivity index (χ0) is 27.2. The number of carbonyl (C=O) groups is 1. The highest BCUT2D eigenvalue weighted by molar-refractivity contribution is 5.98. The average Bonchev–Trinajstić information content (AvgIpc) is 3.38. The number of rotatable bonds is 9. The lowest BCUT2D eigenvalue weighted by Gasteiger charge is -2.18. The lowest BCUT2D eigenvalue weighted by Crippen LogP contribution is -2.22. The number of ether oxygens (including phenoxy) is 1. The second-order valence-electron chi connectivity index (χ2n) is 9.99. The van der Waals surface area contributed by atoms with Crippen molar-refractivity contribution in [1.82, 2.24) is 14.8 Å². The highest BCUT2D eigenvalue weighted by Crippen LogP contribution is 2.28. The summed E-state index contributed by atoms with van der Waals surface area (Å²) in [6, 6.07) is 35.8. The molecule has 1 aromatic heterocycles. The van der Waals surface area contributed by atoms with Crippen LogP contribution in [0.2, 0.25) is 0 Å². The van der Waals surface area contributed by atoms with Crippen molar-refractivity contribution in [3.63, 3.8) is 0 Å². The third-order valence-electron chi connectivity index (χ3n) is 6.35. The predicted octanol–water partition coefficient (Wildman–Crippen LogP) is 7.05. The minimum atomic E-state index is -0.420. The van der Waals surface area contributed by atoms with E-state index in [4.69, 9.17) is 4.74 Å². The van der Waals surface area contributed by atoms with Gasteiger partial charge in [-0.05, 0) is 48.2 Å². The summed E-state index contributed by atoms with van der Waals surface area (Å²) in [6.07, 6.45) is 0. The minimum absolute atomic E-state index is 0.0920. The summed E-state index contributed by atoms with van der Waals surface area (Å²) in [5.74, 6) is 0.541. The number of hydrogen-bond donors (Lipinski definition) is 1. The van der Waals surface area contributed by atoms with Crippen LogP contribution in [0.1, 0.15) is 36.5 Å². The topological polar surface area (TPSA) is 69.0 Å². The maximum Gasteiger partial charge on any atom is 0.336 e. The van der Waals surface area contributed by atoms with Crippen molar-refractivity contribution in [2.45, 2.75) is 26.7 Å². The lowest BCUT2D eigenvalue weighted by atomic mass is 9.90. The summed E-state index contributed by atoms with van der Waals surface area (Å²) in [5, 5.41) is 7.74. The summed E-state index contributed by atoms with van der Waals surface area (Å²) in [4.78, 5) is 18.2. The van der Waals surface area contributed by atoms with Crippen LogP contribution < -0.4 is 10.1 Å². The van der Waals surface area contributed by atoms with E-state index in [1.54, 1.807) is 4.68 Å². The molecule has 0 aliphatic heterocycles. The minimum Gasteiger partial charge on any atom is -0.462 e. The van der Waals surface area contributed by atoms with Crippen LogP contribution >= 0.6 is 0 Å². The lowest BCUT2D eigenvalue weighted by molar-refractivity contribution is -0.116. The Bertz CT molecular complexity index is 1470. The molecule has 0 saturated carbocycles. The van der Waals surface area contributed by atoms with E-state index in [0.29, 0.717) is 30.0 Å². The molecule has 0 unspecified atom stereocenters. The van der Waals surface area contributed by atoms with Gasteiger partial charge in [-0.3, -0.25) is 4.79 Å². The molecule has 0 aliphatic rings. The van der Waals surface area contributed by atoms with E-state index in [9.17, 15) is 4.79 Å². The maximum absolute atomic E-state index is 13.5. The Kier molecular flexibility index (Phi) is 7.83. The second kappa shape index (κ2) is 11.8. The average molecular weight is 517 g/mol. The third kappa shape index (κ3) is 6.24. The number of carbonyl (C=O) groups excluding carboxylic acids is 1. The van der Waals surface area contributed by atoms with Crippen LogP contribution in [0.5, 0.6) is 6.01 Å². The molecule has 6 heteroatoms. The van der Waals surface area contributed by atoms with Gasteiger partial charge in [0.1, 0.15) is 0 Å². The number of aromatic nitrogens is 3. The fourth-order valence-electron chi connectivity index (χ4n) is 4.35. The van der Waals surface area contributed by atoms with Crippen molar-refractivity contribution in [2.24, 2.45) is 5.92 Å². The van der Waals surface area contributed by atoms with Gasteiger partial charge in [0, 0.05) is 11.3 Å². The molecule has 4 aromatic carbocycles. The molecule has 0 spiro atoms. The van der Waals surface area contributed by atoms with E-state index in [0.717, 1.165) is 22.4 Å². The molecule has 0 atom stereocenters. The molecule has 196 valence electrons. The standard InChI is InChI=1S/C33H32N4O2/c1-23(2)22-39-33-35-31(27-16-14-24(3)15-17-27)37(36-33)29-20-18-28(19-21-29)34-32(38)30(25-10-6-4-7-11-25)26-12-8-5-9-13-26/h4-21,23,30H,22H2,1-3H3,(H,34,38). The molecular weight excluding hydrogens is 484 g/mol. The van der Waals surface area contributed by atoms with Gasteiger partial charge < -0.3 is 10.1 Å². The van der Waals surface area contributed by atoms with Crippen molar-refractivity contribution in [3.8, 4) is 23.1 Å². The Morgan fingerprint density at radius 2 is 1.41 bits per heavy atom. The van der Waals surface area contributed by atoms with Crippen LogP contribution in [0.3, 0.4) is 0 Å². The molecule has 0 bridgehead atoms. The fraction of sp³-hybridized carbons (Fsp3) is 0.182. The molecule has 6 nitrogen and oxygen atoms in total. The Morgan fingerprint density at radius 1 is 0.821 bits per heavy atom. The highest BCUT2D eigenvalue weighted by Gasteiger charge is 2.23. The van der Waals surface area contributed by atoms with Gasteiger partial charge in [0.25, 0.3) is 0 Å². The summed E-state index contributed by atoms with van der Waals surface area (Å²) in [5.41, 5.74) is 5.52. The van der Waals surface area contributed by atoms with Gasteiger partial charge in [-0.15, -0.1) is 5.10 Å². The first kappa shape index (κ1) is 25.9. The van der Waals surface area contributed by atoms with Crippen LogP contribution in [-0.2, 0) is 4.79 Å². The van der Waals surface area contributed by atoms with Crippen LogP contribution in [0.4, 0.5) is 5.69 Å². The number of benzene rings is 4. The molecule has 5 aromatic rings. The maximum atomic E-state index is 13.5. The number of nitrogens with zero attached hydrogens (tertiary/aromatic N) is 3. The van der Waals surface area contributed by atoms with Gasteiger partial charge >= 0.3 is 6.01 Å². The first-order chi connectivity index (χ1) is 19.0. The van der Waals surface area contributed by atoms with E-state index < -0.39 is 5.92 Å². The fourth-order valence-corrected chi connectivity index (χ4v) is 4.35. The molecule has 0 radical (unpaired) electrons. The number of anilines is 1. The van der Waals surface area contributed by atoms with Gasteiger partial charge in [0.15, 0.2) is 5.82 Å². The first-order valence-corrected chi connectivity index (χ1v) is 13.2. The van der Waals surface area contributed by atoms with Gasteiger partial charge in [-0.1, -0.05) is 104 Å². The van der Waals surface area contributed by atoms with Crippen molar-refractivity contribution >= 4 is 11.6 Å². The predicted molar refractivity (Wildman–Crippen MR) is 155 cm³/mol. The van der Waals surface area contributed by atoms with Crippen LogP contribution in [0, 0.1) is 12.8 Å². The number of nitrogens with one attached hydrogen (secondary N) is 1. The molecule has 39 heavy (non-hydrogen) atoms. The van der Waals surface area contributed by atoms with Gasteiger partial charge in [0.2, 0.25) is 5.91 Å². The van der Waals surface area contributed by atoms with Crippen molar-refractivity contribution in [3.05, 3.63) is 126 Å². The monoisotopic (exact) mass is 516 g/mol. The van der Waals surface area contributed by atoms with Crippen molar-refractivity contribution in [1.29, 1.82) is 0 Å². The van der Waals surface area contributed by atoms with Crippen molar-refractivity contribution < 1.29 is 9.53 Å². The summed E-state index contributed by atoms with van der Waals surface area (Å²) in [7, 11) is 0. The Labute approximate surface area is 229 Å². The third-order valence-corrected chi connectivity index (χ3v) is 6.35. The van der Waals surface area contributed by atoms with E-state index >= 15 is 0 Å². The molecule has 1 amide bonds. The van der Waals surface area contributed by atoms with Crippen LogP contribution in [0.25, 0.3) is 17.1 Å².